The Hall–Kier alpha value is -2.44. The zero-order valence-electron chi connectivity index (χ0n) is 12.5. The summed E-state index contributed by atoms with van der Waals surface area (Å²) in [7, 11) is 0. The lowest BCUT2D eigenvalue weighted by Crippen LogP contribution is -2.23. The second kappa shape index (κ2) is 6.55. The van der Waals surface area contributed by atoms with E-state index in [4.69, 9.17) is 4.52 Å². The highest BCUT2D eigenvalue weighted by Gasteiger charge is 2.15. The van der Waals surface area contributed by atoms with Crippen molar-refractivity contribution in [3.8, 4) is 0 Å². The molecule has 1 aliphatic carbocycles. The van der Waals surface area contributed by atoms with Gasteiger partial charge < -0.3 is 15.2 Å². The number of carbonyl (C=O) groups is 1. The van der Waals surface area contributed by atoms with Crippen molar-refractivity contribution in [2.24, 2.45) is 0 Å². The van der Waals surface area contributed by atoms with Crippen LogP contribution in [0.1, 0.15) is 48.4 Å². The molecule has 1 fully saturated rings. The average molecular weight is 301 g/mol. The summed E-state index contributed by atoms with van der Waals surface area (Å²) in [5.41, 5.74) is 0.245. The van der Waals surface area contributed by atoms with Gasteiger partial charge in [0.2, 0.25) is 0 Å². The Balaban J connectivity index is 1.59. The van der Waals surface area contributed by atoms with E-state index in [1.807, 2.05) is 0 Å². The lowest BCUT2D eigenvalue weighted by Gasteiger charge is -2.22. The van der Waals surface area contributed by atoms with Crippen LogP contribution in [0, 0.1) is 6.92 Å². The standard InChI is InChI=1S/C15H19N5O2/c1-10-7-13(20-22-10)19-15(21)12-8-17-14(9-16-12)18-11-5-3-2-4-6-11/h7-9,11H,2-6H2,1H3,(H,17,18)(H,19,20,21). The third kappa shape index (κ3) is 3.60. The first-order valence-corrected chi connectivity index (χ1v) is 7.54. The van der Waals surface area contributed by atoms with Crippen molar-refractivity contribution in [3.63, 3.8) is 0 Å². The number of nitrogens with one attached hydrogen (secondary N) is 2. The summed E-state index contributed by atoms with van der Waals surface area (Å²) >= 11 is 0. The first-order chi connectivity index (χ1) is 10.7. The topological polar surface area (TPSA) is 92.9 Å². The molecular formula is C15H19N5O2. The van der Waals surface area contributed by atoms with Crippen LogP contribution in [0.3, 0.4) is 0 Å². The molecule has 2 aromatic heterocycles. The molecule has 2 N–H and O–H groups in total. The summed E-state index contributed by atoms with van der Waals surface area (Å²) in [6.45, 7) is 1.76. The van der Waals surface area contributed by atoms with Crippen molar-refractivity contribution in [2.75, 3.05) is 10.6 Å². The molecular weight excluding hydrogens is 282 g/mol. The fourth-order valence-electron chi connectivity index (χ4n) is 2.58. The molecule has 1 aliphatic rings. The third-order valence-corrected chi connectivity index (χ3v) is 3.71. The van der Waals surface area contributed by atoms with Gasteiger partial charge in [-0.05, 0) is 19.8 Å². The summed E-state index contributed by atoms with van der Waals surface area (Å²) in [6, 6.07) is 2.10. The van der Waals surface area contributed by atoms with Gasteiger partial charge in [-0.15, -0.1) is 0 Å². The molecule has 0 saturated heterocycles. The second-order valence-corrected chi connectivity index (χ2v) is 5.54. The maximum atomic E-state index is 12.0. The van der Waals surface area contributed by atoms with Gasteiger partial charge >= 0.3 is 0 Å². The number of hydrogen-bond acceptors (Lipinski definition) is 6. The summed E-state index contributed by atoms with van der Waals surface area (Å²) in [4.78, 5) is 20.4. The molecule has 0 spiro atoms. The minimum Gasteiger partial charge on any atom is -0.366 e. The first kappa shape index (κ1) is 14.5. The van der Waals surface area contributed by atoms with Crippen LogP contribution in [0.15, 0.2) is 23.0 Å². The minimum atomic E-state index is -0.356. The van der Waals surface area contributed by atoms with E-state index >= 15 is 0 Å². The lowest BCUT2D eigenvalue weighted by atomic mass is 9.96. The normalized spacial score (nSPS) is 15.5. The lowest BCUT2D eigenvalue weighted by molar-refractivity contribution is 0.102. The van der Waals surface area contributed by atoms with Crippen LogP contribution in [-0.2, 0) is 0 Å². The molecule has 0 aromatic carbocycles. The number of carbonyl (C=O) groups excluding carboxylic acids is 1. The molecule has 0 radical (unpaired) electrons. The minimum absolute atomic E-state index is 0.245. The monoisotopic (exact) mass is 301 g/mol. The van der Waals surface area contributed by atoms with Gasteiger partial charge in [0.05, 0.1) is 12.4 Å². The fraction of sp³-hybridized carbons (Fsp3) is 0.467. The number of aryl methyl sites for hydroxylation is 1. The Kier molecular flexibility index (Phi) is 4.32. The van der Waals surface area contributed by atoms with Gasteiger partial charge in [0.15, 0.2) is 5.82 Å². The Morgan fingerprint density at radius 2 is 2.00 bits per heavy atom. The maximum Gasteiger partial charge on any atom is 0.277 e. The van der Waals surface area contributed by atoms with E-state index < -0.39 is 0 Å². The van der Waals surface area contributed by atoms with Crippen LogP contribution in [0.4, 0.5) is 11.6 Å². The zero-order chi connectivity index (χ0) is 15.4. The molecule has 0 bridgehead atoms. The van der Waals surface area contributed by atoms with Crippen LogP contribution in [-0.4, -0.2) is 27.1 Å². The quantitative estimate of drug-likeness (QED) is 0.902. The number of rotatable bonds is 4. The highest BCUT2D eigenvalue weighted by Crippen LogP contribution is 2.20. The Morgan fingerprint density at radius 3 is 2.64 bits per heavy atom. The van der Waals surface area contributed by atoms with Crippen LogP contribution >= 0.6 is 0 Å². The van der Waals surface area contributed by atoms with Crippen molar-refractivity contribution in [1.82, 2.24) is 15.1 Å². The van der Waals surface area contributed by atoms with Crippen LogP contribution in [0.5, 0.6) is 0 Å². The molecule has 0 aliphatic heterocycles. The van der Waals surface area contributed by atoms with Crippen LogP contribution in [0.25, 0.3) is 0 Å². The van der Waals surface area contributed by atoms with Gasteiger partial charge in [-0.3, -0.25) is 4.79 Å². The predicted octanol–water partition coefficient (Wildman–Crippen LogP) is 2.77. The third-order valence-electron chi connectivity index (χ3n) is 3.71. The molecule has 2 aromatic rings. The van der Waals surface area contributed by atoms with E-state index in [0.29, 0.717) is 23.4 Å². The van der Waals surface area contributed by atoms with Gasteiger partial charge in [0.1, 0.15) is 17.3 Å². The Morgan fingerprint density at radius 1 is 1.18 bits per heavy atom. The predicted molar refractivity (Wildman–Crippen MR) is 81.7 cm³/mol. The van der Waals surface area contributed by atoms with E-state index in [0.717, 1.165) is 12.8 Å². The summed E-state index contributed by atoms with van der Waals surface area (Å²) in [5, 5.41) is 9.69. The molecule has 22 heavy (non-hydrogen) atoms. The van der Waals surface area contributed by atoms with Gasteiger partial charge in [-0.25, -0.2) is 9.97 Å². The summed E-state index contributed by atoms with van der Waals surface area (Å²) in [6.07, 6.45) is 9.20. The molecule has 2 heterocycles. The van der Waals surface area contributed by atoms with Crippen molar-refractivity contribution >= 4 is 17.5 Å². The van der Waals surface area contributed by atoms with Crippen LogP contribution in [0.2, 0.25) is 0 Å². The number of aromatic nitrogens is 3. The first-order valence-electron chi connectivity index (χ1n) is 7.54. The van der Waals surface area contributed by atoms with E-state index in [9.17, 15) is 4.79 Å². The molecule has 3 rings (SSSR count). The highest BCUT2D eigenvalue weighted by molar-refractivity contribution is 6.02. The smallest absolute Gasteiger partial charge is 0.277 e. The second-order valence-electron chi connectivity index (χ2n) is 5.54. The average Bonchev–Trinajstić information content (AvgIpc) is 2.94. The largest absolute Gasteiger partial charge is 0.366 e. The maximum absolute atomic E-state index is 12.0. The van der Waals surface area contributed by atoms with E-state index in [1.165, 1.54) is 25.5 Å². The molecule has 116 valence electrons. The molecule has 0 unspecified atom stereocenters. The Labute approximate surface area is 128 Å². The highest BCUT2D eigenvalue weighted by atomic mass is 16.5. The van der Waals surface area contributed by atoms with Crippen molar-refractivity contribution in [2.45, 2.75) is 45.1 Å². The molecule has 7 nitrogen and oxygen atoms in total. The van der Waals surface area contributed by atoms with E-state index in [2.05, 4.69) is 25.8 Å². The molecule has 0 atom stereocenters. The summed E-state index contributed by atoms with van der Waals surface area (Å²) < 4.78 is 4.89. The number of amides is 1. The molecule has 1 amide bonds. The Bertz CT molecular complexity index is 632. The van der Waals surface area contributed by atoms with Gasteiger partial charge in [0.25, 0.3) is 5.91 Å². The number of nitrogens with zero attached hydrogens (tertiary/aromatic N) is 3. The van der Waals surface area contributed by atoms with Crippen molar-refractivity contribution in [1.29, 1.82) is 0 Å². The molecule has 7 heteroatoms. The molecule has 1 saturated carbocycles. The zero-order valence-corrected chi connectivity index (χ0v) is 12.5. The van der Waals surface area contributed by atoms with Crippen molar-refractivity contribution in [3.05, 3.63) is 29.9 Å². The van der Waals surface area contributed by atoms with Gasteiger partial charge in [-0.2, -0.15) is 0 Å². The van der Waals surface area contributed by atoms with Crippen molar-refractivity contribution < 1.29 is 9.32 Å². The SMILES string of the molecule is Cc1cc(NC(=O)c2cnc(NC3CCCCC3)cn2)no1. The van der Waals surface area contributed by atoms with E-state index in [-0.39, 0.29) is 11.6 Å². The van der Waals surface area contributed by atoms with Crippen LogP contribution < -0.4 is 10.6 Å². The van der Waals surface area contributed by atoms with Gasteiger partial charge in [0, 0.05) is 12.1 Å². The van der Waals surface area contributed by atoms with E-state index in [1.54, 1.807) is 19.2 Å². The summed E-state index contributed by atoms with van der Waals surface area (Å²) in [5.74, 6) is 1.35. The van der Waals surface area contributed by atoms with Gasteiger partial charge in [-0.1, -0.05) is 24.4 Å². The fourth-order valence-corrected chi connectivity index (χ4v) is 2.58. The number of anilines is 2. The number of hydrogen-bond donors (Lipinski definition) is 2.